The van der Waals surface area contributed by atoms with Gasteiger partial charge in [0, 0.05) is 12.8 Å². The van der Waals surface area contributed by atoms with Crippen LogP contribution in [0, 0.1) is 0 Å². The van der Waals surface area contributed by atoms with Gasteiger partial charge in [-0.15, -0.1) is 0 Å². The van der Waals surface area contributed by atoms with E-state index in [1.54, 1.807) is 6.08 Å². The van der Waals surface area contributed by atoms with Crippen LogP contribution in [-0.2, 0) is 14.3 Å². The SMILES string of the molecule is CCCCCC/C=C\CCCCCCCC(=O)OCCCCCCCCCCCCCCCCCCCC(=O)NC(CO)C(O)/C=C/CCCCCCCCCCCCCCCCCCC. The van der Waals surface area contributed by atoms with Crippen LogP contribution in [0.2, 0.25) is 0 Å². The van der Waals surface area contributed by atoms with Gasteiger partial charge in [-0.1, -0.05) is 276 Å². The molecule has 0 aliphatic heterocycles. The second-order valence-corrected chi connectivity index (χ2v) is 20.3. The van der Waals surface area contributed by atoms with Crippen molar-refractivity contribution in [1.29, 1.82) is 0 Å². The van der Waals surface area contributed by atoms with Gasteiger partial charge in [0.15, 0.2) is 0 Å². The monoisotopic (exact) mass is 930 g/mol. The number of amides is 1. The molecule has 0 aromatic heterocycles. The number of nitrogens with one attached hydrogen (secondary N) is 1. The van der Waals surface area contributed by atoms with Gasteiger partial charge in [0.2, 0.25) is 5.91 Å². The predicted molar refractivity (Wildman–Crippen MR) is 287 cm³/mol. The van der Waals surface area contributed by atoms with E-state index in [9.17, 15) is 19.8 Å². The highest BCUT2D eigenvalue weighted by atomic mass is 16.5. The molecule has 6 heteroatoms. The Labute approximate surface area is 411 Å². The van der Waals surface area contributed by atoms with E-state index in [-0.39, 0.29) is 18.5 Å². The molecule has 0 aliphatic rings. The van der Waals surface area contributed by atoms with Crippen LogP contribution in [-0.4, -0.2) is 47.4 Å². The van der Waals surface area contributed by atoms with Crippen LogP contribution in [0.1, 0.15) is 322 Å². The number of aliphatic hydroxyl groups is 2. The minimum absolute atomic E-state index is 0.00447. The zero-order valence-corrected chi connectivity index (χ0v) is 44.4. The van der Waals surface area contributed by atoms with Crippen molar-refractivity contribution >= 4 is 11.9 Å². The Bertz CT molecular complexity index is 1030. The number of aliphatic hydroxyl groups excluding tert-OH is 2. The van der Waals surface area contributed by atoms with Crippen molar-refractivity contribution in [3.63, 3.8) is 0 Å². The average Bonchev–Trinajstić information content (AvgIpc) is 3.32. The van der Waals surface area contributed by atoms with Crippen LogP contribution in [0.5, 0.6) is 0 Å². The molecular formula is C60H115NO5. The molecule has 0 saturated carbocycles. The Hall–Kier alpha value is -1.66. The standard InChI is InChI=1S/C60H115NO5/c1-3-5-7-9-11-13-15-17-18-19-20-22-25-29-32-36-40-44-48-52-58(63)57(56-62)61-59(64)53-49-45-41-37-33-30-26-23-21-24-27-31-35-39-43-47-51-55-66-60(65)54-50-46-42-38-34-28-16-14-12-10-8-6-4-2/h14,16,48,52,57-58,62-63H,3-13,15,17-47,49-51,53-56H2,1-2H3,(H,61,64)/b16-14-,52-48+. The third-order valence-electron chi connectivity index (χ3n) is 13.7. The number of ether oxygens (including phenoxy) is 1. The minimum atomic E-state index is -0.848. The molecule has 390 valence electrons. The Morgan fingerprint density at radius 1 is 0.409 bits per heavy atom. The molecule has 0 heterocycles. The van der Waals surface area contributed by atoms with Crippen LogP contribution in [0.4, 0.5) is 0 Å². The number of esters is 1. The summed E-state index contributed by atoms with van der Waals surface area (Å²) >= 11 is 0. The molecule has 66 heavy (non-hydrogen) atoms. The first-order chi connectivity index (χ1) is 32.5. The first-order valence-corrected chi connectivity index (χ1v) is 29.6. The molecule has 0 spiro atoms. The number of hydrogen-bond acceptors (Lipinski definition) is 5. The van der Waals surface area contributed by atoms with E-state index in [2.05, 4.69) is 31.3 Å². The maximum atomic E-state index is 12.5. The van der Waals surface area contributed by atoms with Gasteiger partial charge in [-0.3, -0.25) is 9.59 Å². The van der Waals surface area contributed by atoms with Gasteiger partial charge in [0.05, 0.1) is 25.4 Å². The summed E-state index contributed by atoms with van der Waals surface area (Å²) < 4.78 is 5.46. The van der Waals surface area contributed by atoms with Crippen LogP contribution < -0.4 is 5.32 Å². The lowest BCUT2D eigenvalue weighted by atomic mass is 10.0. The highest BCUT2D eigenvalue weighted by Crippen LogP contribution is 2.17. The van der Waals surface area contributed by atoms with E-state index in [1.165, 1.54) is 250 Å². The lowest BCUT2D eigenvalue weighted by Crippen LogP contribution is -2.45. The highest BCUT2D eigenvalue weighted by Gasteiger charge is 2.18. The quantitative estimate of drug-likeness (QED) is 0.0321. The van der Waals surface area contributed by atoms with Crippen molar-refractivity contribution in [1.82, 2.24) is 5.32 Å². The summed E-state index contributed by atoms with van der Waals surface area (Å²) in [5.41, 5.74) is 0. The lowest BCUT2D eigenvalue weighted by molar-refractivity contribution is -0.143. The molecule has 0 bridgehead atoms. The van der Waals surface area contributed by atoms with Crippen LogP contribution >= 0.6 is 0 Å². The Kier molecular flexibility index (Phi) is 54.5. The Morgan fingerprint density at radius 3 is 1.09 bits per heavy atom. The van der Waals surface area contributed by atoms with E-state index >= 15 is 0 Å². The second-order valence-electron chi connectivity index (χ2n) is 20.3. The molecule has 0 saturated heterocycles. The van der Waals surface area contributed by atoms with Crippen LogP contribution in [0.3, 0.4) is 0 Å². The Morgan fingerprint density at radius 2 is 0.712 bits per heavy atom. The number of carbonyl (C=O) groups is 2. The first kappa shape index (κ1) is 64.3. The highest BCUT2D eigenvalue weighted by molar-refractivity contribution is 5.76. The zero-order valence-electron chi connectivity index (χ0n) is 44.4. The summed E-state index contributed by atoms with van der Waals surface area (Å²) in [7, 11) is 0. The van der Waals surface area contributed by atoms with Gasteiger partial charge in [0.1, 0.15) is 0 Å². The molecule has 0 aromatic rings. The fourth-order valence-electron chi connectivity index (χ4n) is 9.16. The van der Waals surface area contributed by atoms with Crippen molar-refractivity contribution in [3.05, 3.63) is 24.3 Å². The smallest absolute Gasteiger partial charge is 0.305 e. The molecule has 2 atom stereocenters. The molecule has 0 aliphatic carbocycles. The lowest BCUT2D eigenvalue weighted by Gasteiger charge is -2.20. The summed E-state index contributed by atoms with van der Waals surface area (Å²) in [5, 5.41) is 23.2. The number of unbranched alkanes of at least 4 members (excludes halogenated alkanes) is 42. The largest absolute Gasteiger partial charge is 0.466 e. The van der Waals surface area contributed by atoms with E-state index in [1.807, 2.05) is 6.08 Å². The van der Waals surface area contributed by atoms with Crippen LogP contribution in [0.15, 0.2) is 24.3 Å². The van der Waals surface area contributed by atoms with Crippen molar-refractivity contribution < 1.29 is 24.5 Å². The first-order valence-electron chi connectivity index (χ1n) is 29.6. The van der Waals surface area contributed by atoms with Gasteiger partial charge < -0.3 is 20.3 Å². The maximum Gasteiger partial charge on any atom is 0.305 e. The third-order valence-corrected chi connectivity index (χ3v) is 13.7. The minimum Gasteiger partial charge on any atom is -0.466 e. The van der Waals surface area contributed by atoms with E-state index in [4.69, 9.17) is 4.74 Å². The molecule has 3 N–H and O–H groups in total. The van der Waals surface area contributed by atoms with Gasteiger partial charge >= 0.3 is 5.97 Å². The fourth-order valence-corrected chi connectivity index (χ4v) is 9.16. The van der Waals surface area contributed by atoms with Crippen molar-refractivity contribution in [2.45, 2.75) is 334 Å². The van der Waals surface area contributed by atoms with E-state index in [0.717, 1.165) is 44.9 Å². The average molecular weight is 931 g/mol. The van der Waals surface area contributed by atoms with Gasteiger partial charge in [-0.05, 0) is 57.8 Å². The summed E-state index contributed by atoms with van der Waals surface area (Å²) in [6.45, 7) is 4.89. The molecular weight excluding hydrogens is 815 g/mol. The molecule has 6 nitrogen and oxygen atoms in total. The predicted octanol–water partition coefficient (Wildman–Crippen LogP) is 18.2. The topological polar surface area (TPSA) is 95.9 Å². The molecule has 1 amide bonds. The van der Waals surface area contributed by atoms with E-state index in [0.29, 0.717) is 19.4 Å². The van der Waals surface area contributed by atoms with Crippen molar-refractivity contribution in [2.75, 3.05) is 13.2 Å². The van der Waals surface area contributed by atoms with Gasteiger partial charge in [0.25, 0.3) is 0 Å². The number of carbonyl (C=O) groups excluding carboxylic acids is 2. The van der Waals surface area contributed by atoms with Crippen LogP contribution in [0.25, 0.3) is 0 Å². The summed E-state index contributed by atoms with van der Waals surface area (Å²) in [5.74, 6) is -0.0755. The Balaban J connectivity index is 3.45. The molecule has 0 rings (SSSR count). The normalized spacial score (nSPS) is 12.7. The number of allylic oxidation sites excluding steroid dienone is 3. The summed E-state index contributed by atoms with van der Waals surface area (Å²) in [4.78, 5) is 24.5. The fraction of sp³-hybridized carbons (Fsp3) is 0.900. The van der Waals surface area contributed by atoms with Gasteiger partial charge in [-0.25, -0.2) is 0 Å². The summed E-state index contributed by atoms with van der Waals surface area (Å²) in [6.07, 6.45) is 67.7. The summed E-state index contributed by atoms with van der Waals surface area (Å²) in [6, 6.07) is -0.632. The second kappa shape index (κ2) is 55.9. The van der Waals surface area contributed by atoms with Crippen molar-refractivity contribution in [3.8, 4) is 0 Å². The van der Waals surface area contributed by atoms with Crippen molar-refractivity contribution in [2.24, 2.45) is 0 Å². The van der Waals surface area contributed by atoms with E-state index < -0.39 is 12.1 Å². The van der Waals surface area contributed by atoms with Gasteiger partial charge in [-0.2, -0.15) is 0 Å². The maximum absolute atomic E-state index is 12.5. The third kappa shape index (κ3) is 51.7. The molecule has 2 unspecified atom stereocenters. The molecule has 0 aromatic carbocycles. The molecule has 0 radical (unpaired) electrons. The number of rotatable bonds is 55. The molecule has 0 fully saturated rings. The zero-order chi connectivity index (χ0) is 47.9. The number of hydrogen-bond donors (Lipinski definition) is 3.